The lowest BCUT2D eigenvalue weighted by Gasteiger charge is -2.17. The maximum absolute atomic E-state index is 13.3. The van der Waals surface area contributed by atoms with Crippen molar-refractivity contribution in [3.05, 3.63) is 53.6 Å². The second kappa shape index (κ2) is 7.14. The first-order valence-electron chi connectivity index (χ1n) is 8.37. The lowest BCUT2D eigenvalue weighted by Crippen LogP contribution is -2.36. The number of benzene rings is 1. The molecule has 25 heavy (non-hydrogen) atoms. The van der Waals surface area contributed by atoms with Gasteiger partial charge in [0.25, 0.3) is 0 Å². The third-order valence-corrected chi connectivity index (χ3v) is 5.10. The van der Waals surface area contributed by atoms with Crippen molar-refractivity contribution in [2.24, 2.45) is 13.0 Å². The van der Waals surface area contributed by atoms with Crippen molar-refractivity contribution in [1.82, 2.24) is 20.4 Å². The largest absolute Gasteiger partial charge is 0.352 e. The third-order valence-electron chi connectivity index (χ3n) is 5.10. The lowest BCUT2D eigenvalue weighted by molar-refractivity contribution is -0.125. The van der Waals surface area contributed by atoms with E-state index in [9.17, 15) is 9.18 Å². The Hall–Kier alpha value is -1.92. The first-order chi connectivity index (χ1) is 11.6. The number of aryl methyl sites for hydroxylation is 1. The van der Waals surface area contributed by atoms with E-state index in [0.29, 0.717) is 6.54 Å². The van der Waals surface area contributed by atoms with Gasteiger partial charge in [0.2, 0.25) is 5.91 Å². The molecule has 4 rings (SSSR count). The molecule has 1 saturated carbocycles. The molecule has 7 heteroatoms. The highest BCUT2D eigenvalue weighted by atomic mass is 35.5. The monoisotopic (exact) mass is 364 g/mol. The smallest absolute Gasteiger partial charge is 0.225 e. The zero-order valence-electron chi connectivity index (χ0n) is 14.0. The van der Waals surface area contributed by atoms with Gasteiger partial charge in [-0.25, -0.2) is 4.39 Å². The SMILES string of the molecule is Cl.Cn1cc([C@H]2CNC[C@@H]2C(=O)NC2CC2c2cccc(F)c2)cn1. The molecule has 0 radical (unpaired) electrons. The maximum atomic E-state index is 13.3. The van der Waals surface area contributed by atoms with Crippen LogP contribution < -0.4 is 10.6 Å². The molecule has 1 aliphatic carbocycles. The van der Waals surface area contributed by atoms with E-state index in [1.54, 1.807) is 16.8 Å². The zero-order chi connectivity index (χ0) is 16.7. The minimum Gasteiger partial charge on any atom is -0.352 e. The van der Waals surface area contributed by atoms with E-state index in [0.717, 1.165) is 24.1 Å². The van der Waals surface area contributed by atoms with E-state index in [2.05, 4.69) is 15.7 Å². The van der Waals surface area contributed by atoms with Crippen molar-refractivity contribution in [3.8, 4) is 0 Å². The normalized spacial score (nSPS) is 27.6. The van der Waals surface area contributed by atoms with Crippen LogP contribution in [0, 0.1) is 11.7 Å². The molecule has 2 aromatic rings. The number of carbonyl (C=O) groups is 1. The summed E-state index contributed by atoms with van der Waals surface area (Å²) in [5.74, 6) is 0.169. The van der Waals surface area contributed by atoms with Gasteiger partial charge in [-0.2, -0.15) is 5.10 Å². The van der Waals surface area contributed by atoms with Crippen molar-refractivity contribution in [2.75, 3.05) is 13.1 Å². The Morgan fingerprint density at radius 1 is 1.32 bits per heavy atom. The molecular weight excluding hydrogens is 343 g/mol. The van der Waals surface area contributed by atoms with Crippen LogP contribution >= 0.6 is 12.4 Å². The van der Waals surface area contributed by atoms with Gasteiger partial charge in [0.1, 0.15) is 5.82 Å². The quantitative estimate of drug-likeness (QED) is 0.872. The van der Waals surface area contributed by atoms with E-state index >= 15 is 0 Å². The van der Waals surface area contributed by atoms with Crippen LogP contribution in [-0.4, -0.2) is 34.8 Å². The van der Waals surface area contributed by atoms with E-state index in [1.807, 2.05) is 25.5 Å². The highest BCUT2D eigenvalue weighted by molar-refractivity contribution is 5.85. The molecule has 1 saturated heterocycles. The number of aromatic nitrogens is 2. The fourth-order valence-corrected chi connectivity index (χ4v) is 3.69. The van der Waals surface area contributed by atoms with E-state index in [-0.39, 0.29) is 47.9 Å². The molecule has 4 atom stereocenters. The van der Waals surface area contributed by atoms with Crippen LogP contribution in [0.15, 0.2) is 36.7 Å². The average Bonchev–Trinajstić information content (AvgIpc) is 2.96. The van der Waals surface area contributed by atoms with E-state index in [1.165, 1.54) is 6.07 Å². The van der Waals surface area contributed by atoms with Gasteiger partial charge in [-0.15, -0.1) is 12.4 Å². The van der Waals surface area contributed by atoms with Gasteiger partial charge in [0.05, 0.1) is 12.1 Å². The summed E-state index contributed by atoms with van der Waals surface area (Å²) in [6, 6.07) is 6.78. The molecule has 2 N–H and O–H groups in total. The molecule has 134 valence electrons. The fraction of sp³-hybridized carbons (Fsp3) is 0.444. The summed E-state index contributed by atoms with van der Waals surface area (Å²) in [5.41, 5.74) is 2.06. The van der Waals surface area contributed by atoms with Gasteiger partial charge in [0, 0.05) is 44.2 Å². The summed E-state index contributed by atoms with van der Waals surface area (Å²) >= 11 is 0. The second-order valence-electron chi connectivity index (χ2n) is 6.83. The molecule has 2 aliphatic rings. The Morgan fingerprint density at radius 3 is 2.88 bits per heavy atom. The van der Waals surface area contributed by atoms with Crippen molar-refractivity contribution in [3.63, 3.8) is 0 Å². The van der Waals surface area contributed by atoms with Crippen molar-refractivity contribution in [2.45, 2.75) is 24.3 Å². The van der Waals surface area contributed by atoms with Crippen molar-refractivity contribution < 1.29 is 9.18 Å². The minimum atomic E-state index is -0.221. The van der Waals surface area contributed by atoms with Crippen molar-refractivity contribution >= 4 is 18.3 Å². The van der Waals surface area contributed by atoms with Crippen LogP contribution in [0.3, 0.4) is 0 Å². The van der Waals surface area contributed by atoms with Gasteiger partial charge >= 0.3 is 0 Å². The third kappa shape index (κ3) is 3.70. The number of amides is 1. The van der Waals surface area contributed by atoms with Crippen LogP contribution in [0.4, 0.5) is 4.39 Å². The molecule has 1 aliphatic heterocycles. The number of carbonyl (C=O) groups excluding carboxylic acids is 1. The van der Waals surface area contributed by atoms with E-state index < -0.39 is 0 Å². The average molecular weight is 365 g/mol. The Kier molecular flexibility index (Phi) is 5.11. The predicted molar refractivity (Wildman–Crippen MR) is 95.2 cm³/mol. The molecule has 1 aromatic carbocycles. The number of nitrogens with zero attached hydrogens (tertiary/aromatic N) is 2. The summed E-state index contributed by atoms with van der Waals surface area (Å²) in [5, 5.41) is 10.7. The summed E-state index contributed by atoms with van der Waals surface area (Å²) < 4.78 is 15.1. The molecule has 2 heterocycles. The van der Waals surface area contributed by atoms with Crippen LogP contribution in [0.2, 0.25) is 0 Å². The zero-order valence-corrected chi connectivity index (χ0v) is 14.8. The first kappa shape index (κ1) is 17.9. The molecule has 0 spiro atoms. The van der Waals surface area contributed by atoms with Gasteiger partial charge in [-0.05, 0) is 29.7 Å². The van der Waals surface area contributed by atoms with Gasteiger partial charge < -0.3 is 10.6 Å². The Balaban J connectivity index is 0.00000182. The maximum Gasteiger partial charge on any atom is 0.225 e. The Bertz CT molecular complexity index is 765. The van der Waals surface area contributed by atoms with Crippen molar-refractivity contribution in [1.29, 1.82) is 0 Å². The number of nitrogens with one attached hydrogen (secondary N) is 2. The Labute approximate surface area is 152 Å². The van der Waals surface area contributed by atoms with Crippen LogP contribution in [-0.2, 0) is 11.8 Å². The molecule has 1 aromatic heterocycles. The highest BCUT2D eigenvalue weighted by Crippen LogP contribution is 2.41. The Morgan fingerprint density at radius 2 is 2.16 bits per heavy atom. The van der Waals surface area contributed by atoms with Crippen LogP contribution in [0.5, 0.6) is 0 Å². The predicted octanol–water partition coefficient (Wildman–Crippen LogP) is 1.96. The summed E-state index contributed by atoms with van der Waals surface area (Å²) in [6.07, 6.45) is 4.70. The standard InChI is InChI=1S/C18H21FN4O.ClH/c1-23-10-12(7-21-23)15-8-20-9-16(15)18(24)22-17-6-14(17)11-3-2-4-13(19)5-11;/h2-5,7,10,14-17,20H,6,8-9H2,1H3,(H,22,24);1H/t14?,15-,16+,17?;/m1./s1. The molecule has 2 unspecified atom stereocenters. The highest BCUT2D eigenvalue weighted by Gasteiger charge is 2.42. The van der Waals surface area contributed by atoms with Crippen LogP contribution in [0.1, 0.15) is 29.4 Å². The number of hydrogen-bond acceptors (Lipinski definition) is 3. The molecular formula is C18H22ClFN4O. The lowest BCUT2D eigenvalue weighted by atomic mass is 9.90. The number of rotatable bonds is 4. The summed E-state index contributed by atoms with van der Waals surface area (Å²) in [6.45, 7) is 1.48. The minimum absolute atomic E-state index is 0. The summed E-state index contributed by atoms with van der Waals surface area (Å²) in [7, 11) is 1.88. The molecule has 1 amide bonds. The molecule has 0 bridgehead atoms. The van der Waals surface area contributed by atoms with Crippen LogP contribution in [0.25, 0.3) is 0 Å². The molecule has 5 nitrogen and oxygen atoms in total. The first-order valence-corrected chi connectivity index (χ1v) is 8.37. The van der Waals surface area contributed by atoms with Gasteiger partial charge in [0.15, 0.2) is 0 Å². The van der Waals surface area contributed by atoms with Gasteiger partial charge in [-0.3, -0.25) is 9.48 Å². The second-order valence-corrected chi connectivity index (χ2v) is 6.83. The topological polar surface area (TPSA) is 59.0 Å². The molecule has 2 fully saturated rings. The number of halogens is 2. The van der Waals surface area contributed by atoms with E-state index in [4.69, 9.17) is 0 Å². The number of hydrogen-bond donors (Lipinski definition) is 2. The van der Waals surface area contributed by atoms with Gasteiger partial charge in [-0.1, -0.05) is 12.1 Å². The summed E-state index contributed by atoms with van der Waals surface area (Å²) in [4.78, 5) is 12.7. The fourth-order valence-electron chi connectivity index (χ4n) is 3.69.